The maximum Gasteiger partial charge on any atom is 0.251 e. The van der Waals surface area contributed by atoms with Gasteiger partial charge in [-0.1, -0.05) is 6.92 Å². The van der Waals surface area contributed by atoms with Crippen molar-refractivity contribution in [2.75, 3.05) is 11.9 Å². The number of hydrogen-bond acceptors (Lipinski definition) is 4. The number of nitrogens with zero attached hydrogens (tertiary/aromatic N) is 2. The van der Waals surface area contributed by atoms with E-state index < -0.39 is 0 Å². The Kier molecular flexibility index (Phi) is 5.80. The van der Waals surface area contributed by atoms with Crippen LogP contribution >= 0.6 is 0 Å². The standard InChI is InChI=1S/C15H16N4O/c1-3-6-18-15(20)13-4-5-14(11(2)7-13)19-10-12(8-16)9-17/h4-5,7,10,19H,3,6H2,1-2H3,(H,18,20). The molecule has 102 valence electrons. The Morgan fingerprint density at radius 1 is 1.35 bits per heavy atom. The lowest BCUT2D eigenvalue weighted by molar-refractivity contribution is 0.0953. The van der Waals surface area contributed by atoms with Gasteiger partial charge in [-0.2, -0.15) is 10.5 Å². The lowest BCUT2D eigenvalue weighted by atomic mass is 10.1. The molecule has 0 spiro atoms. The molecule has 2 N–H and O–H groups in total. The Bertz CT molecular complexity index is 589. The quantitative estimate of drug-likeness (QED) is 0.803. The highest BCUT2D eigenvalue weighted by Crippen LogP contribution is 2.17. The number of benzene rings is 1. The molecule has 0 bridgehead atoms. The van der Waals surface area contributed by atoms with Gasteiger partial charge in [-0.25, -0.2) is 0 Å². The molecule has 1 aromatic rings. The first-order valence-corrected chi connectivity index (χ1v) is 6.28. The zero-order chi connectivity index (χ0) is 15.0. The Balaban J connectivity index is 2.84. The molecule has 1 rings (SSSR count). The minimum absolute atomic E-state index is 0.00540. The predicted octanol–water partition coefficient (Wildman–Crippen LogP) is 2.48. The number of nitrogens with one attached hydrogen (secondary N) is 2. The number of nitriles is 2. The van der Waals surface area contributed by atoms with Gasteiger partial charge in [-0.15, -0.1) is 0 Å². The second kappa shape index (κ2) is 7.60. The predicted molar refractivity (Wildman–Crippen MR) is 76.7 cm³/mol. The van der Waals surface area contributed by atoms with Crippen LogP contribution in [0.5, 0.6) is 0 Å². The van der Waals surface area contributed by atoms with Gasteiger partial charge in [-0.3, -0.25) is 4.79 Å². The lowest BCUT2D eigenvalue weighted by Crippen LogP contribution is -2.24. The molecule has 0 aliphatic rings. The van der Waals surface area contributed by atoms with Crippen LogP contribution < -0.4 is 10.6 Å². The number of aryl methyl sites for hydroxylation is 1. The minimum atomic E-state index is -0.105. The summed E-state index contributed by atoms with van der Waals surface area (Å²) in [5.74, 6) is -0.105. The first-order valence-electron chi connectivity index (χ1n) is 6.28. The van der Waals surface area contributed by atoms with Crippen LogP contribution in [0.4, 0.5) is 5.69 Å². The summed E-state index contributed by atoms with van der Waals surface area (Å²) in [6.07, 6.45) is 2.24. The zero-order valence-corrected chi connectivity index (χ0v) is 11.5. The summed E-state index contributed by atoms with van der Waals surface area (Å²) in [4.78, 5) is 11.8. The third-order valence-electron chi connectivity index (χ3n) is 2.64. The Morgan fingerprint density at radius 3 is 2.60 bits per heavy atom. The fourth-order valence-electron chi connectivity index (χ4n) is 1.55. The van der Waals surface area contributed by atoms with Gasteiger partial charge in [0.25, 0.3) is 5.91 Å². The maximum absolute atomic E-state index is 11.8. The molecule has 0 aromatic heterocycles. The molecule has 0 aliphatic carbocycles. The molecule has 5 nitrogen and oxygen atoms in total. The molecule has 0 atom stereocenters. The fraction of sp³-hybridized carbons (Fsp3) is 0.267. The molecular formula is C15H16N4O. The SMILES string of the molecule is CCCNC(=O)c1ccc(NC=C(C#N)C#N)c(C)c1. The first-order chi connectivity index (χ1) is 9.62. The molecule has 20 heavy (non-hydrogen) atoms. The second-order valence-electron chi connectivity index (χ2n) is 4.21. The highest BCUT2D eigenvalue weighted by atomic mass is 16.1. The Morgan fingerprint density at radius 2 is 2.05 bits per heavy atom. The number of amides is 1. The van der Waals surface area contributed by atoms with Crippen molar-refractivity contribution >= 4 is 11.6 Å². The van der Waals surface area contributed by atoms with Crippen molar-refractivity contribution in [2.45, 2.75) is 20.3 Å². The van der Waals surface area contributed by atoms with Crippen LogP contribution in [0.3, 0.4) is 0 Å². The van der Waals surface area contributed by atoms with Gasteiger partial charge in [0.1, 0.15) is 17.7 Å². The molecular weight excluding hydrogens is 252 g/mol. The zero-order valence-electron chi connectivity index (χ0n) is 11.5. The summed E-state index contributed by atoms with van der Waals surface area (Å²) in [6, 6.07) is 8.75. The molecule has 0 fully saturated rings. The minimum Gasteiger partial charge on any atom is -0.360 e. The van der Waals surface area contributed by atoms with Crippen molar-refractivity contribution in [3.05, 3.63) is 41.1 Å². The summed E-state index contributed by atoms with van der Waals surface area (Å²) >= 11 is 0. The summed E-state index contributed by atoms with van der Waals surface area (Å²) in [7, 11) is 0. The smallest absolute Gasteiger partial charge is 0.251 e. The van der Waals surface area contributed by atoms with Crippen molar-refractivity contribution in [3.8, 4) is 12.1 Å². The van der Waals surface area contributed by atoms with Crippen molar-refractivity contribution in [1.29, 1.82) is 10.5 Å². The summed E-state index contributed by atoms with van der Waals surface area (Å²) in [5.41, 5.74) is 2.20. The fourth-order valence-corrected chi connectivity index (χ4v) is 1.55. The average molecular weight is 268 g/mol. The molecule has 0 saturated carbocycles. The number of hydrogen-bond donors (Lipinski definition) is 2. The van der Waals surface area contributed by atoms with Crippen LogP contribution in [0.1, 0.15) is 29.3 Å². The van der Waals surface area contributed by atoms with Gasteiger partial charge in [0.2, 0.25) is 0 Å². The lowest BCUT2D eigenvalue weighted by Gasteiger charge is -2.08. The van der Waals surface area contributed by atoms with E-state index in [9.17, 15) is 4.79 Å². The van der Waals surface area contributed by atoms with E-state index in [0.29, 0.717) is 12.1 Å². The van der Waals surface area contributed by atoms with E-state index in [1.54, 1.807) is 30.3 Å². The molecule has 0 saturated heterocycles. The topological polar surface area (TPSA) is 88.7 Å². The number of anilines is 1. The summed E-state index contributed by atoms with van der Waals surface area (Å²) in [5, 5.41) is 23.0. The van der Waals surface area contributed by atoms with Crippen molar-refractivity contribution in [1.82, 2.24) is 5.32 Å². The van der Waals surface area contributed by atoms with Crippen LogP contribution in [-0.2, 0) is 0 Å². The van der Waals surface area contributed by atoms with Crippen LogP contribution in [0.25, 0.3) is 0 Å². The molecule has 1 aromatic carbocycles. The highest BCUT2D eigenvalue weighted by molar-refractivity contribution is 5.94. The monoisotopic (exact) mass is 268 g/mol. The van der Waals surface area contributed by atoms with Gasteiger partial charge in [0.05, 0.1) is 0 Å². The van der Waals surface area contributed by atoms with Crippen molar-refractivity contribution in [2.24, 2.45) is 0 Å². The van der Waals surface area contributed by atoms with E-state index in [1.165, 1.54) is 6.20 Å². The number of carbonyl (C=O) groups is 1. The third kappa shape index (κ3) is 4.15. The third-order valence-corrected chi connectivity index (χ3v) is 2.64. The average Bonchev–Trinajstić information content (AvgIpc) is 2.47. The van der Waals surface area contributed by atoms with Crippen molar-refractivity contribution < 1.29 is 4.79 Å². The van der Waals surface area contributed by atoms with Crippen LogP contribution in [0.2, 0.25) is 0 Å². The summed E-state index contributed by atoms with van der Waals surface area (Å²) < 4.78 is 0. The summed E-state index contributed by atoms with van der Waals surface area (Å²) in [6.45, 7) is 4.49. The van der Waals surface area contributed by atoms with Gasteiger partial charge >= 0.3 is 0 Å². The normalized spacial score (nSPS) is 9.00. The number of rotatable bonds is 5. The van der Waals surface area contributed by atoms with E-state index in [1.807, 2.05) is 13.8 Å². The second-order valence-corrected chi connectivity index (χ2v) is 4.21. The van der Waals surface area contributed by atoms with Gasteiger partial charge in [0, 0.05) is 24.0 Å². The van der Waals surface area contributed by atoms with E-state index in [0.717, 1.165) is 17.7 Å². The van der Waals surface area contributed by atoms with Gasteiger partial charge < -0.3 is 10.6 Å². The van der Waals surface area contributed by atoms with E-state index in [4.69, 9.17) is 10.5 Å². The van der Waals surface area contributed by atoms with Gasteiger partial charge in [-0.05, 0) is 37.1 Å². The highest BCUT2D eigenvalue weighted by Gasteiger charge is 2.06. The molecule has 0 unspecified atom stereocenters. The van der Waals surface area contributed by atoms with Crippen LogP contribution in [0, 0.1) is 29.6 Å². The Hall–Kier alpha value is -2.79. The first kappa shape index (κ1) is 15.3. The van der Waals surface area contributed by atoms with Crippen molar-refractivity contribution in [3.63, 3.8) is 0 Å². The van der Waals surface area contributed by atoms with Crippen LogP contribution in [0.15, 0.2) is 30.0 Å². The maximum atomic E-state index is 11.8. The van der Waals surface area contributed by atoms with Crippen LogP contribution in [-0.4, -0.2) is 12.5 Å². The number of allylic oxidation sites excluding steroid dienone is 1. The molecule has 1 amide bonds. The van der Waals surface area contributed by atoms with E-state index in [-0.39, 0.29) is 11.5 Å². The number of carbonyl (C=O) groups excluding carboxylic acids is 1. The molecule has 5 heteroatoms. The van der Waals surface area contributed by atoms with E-state index in [2.05, 4.69) is 10.6 Å². The largest absolute Gasteiger partial charge is 0.360 e. The van der Waals surface area contributed by atoms with Gasteiger partial charge in [0.15, 0.2) is 0 Å². The Labute approximate surface area is 118 Å². The molecule has 0 heterocycles. The van der Waals surface area contributed by atoms with E-state index >= 15 is 0 Å². The molecule has 0 radical (unpaired) electrons. The molecule has 0 aliphatic heterocycles.